The third-order valence-corrected chi connectivity index (χ3v) is 3.01. The van der Waals surface area contributed by atoms with Crippen LogP contribution in [0.25, 0.3) is 0 Å². The van der Waals surface area contributed by atoms with Crippen LogP contribution in [-0.2, 0) is 0 Å². The number of rotatable bonds is 6. The van der Waals surface area contributed by atoms with Gasteiger partial charge in [0.1, 0.15) is 17.6 Å². The number of pyridine rings is 1. The predicted molar refractivity (Wildman–Crippen MR) is 70.4 cm³/mol. The van der Waals surface area contributed by atoms with Gasteiger partial charge in [0.2, 0.25) is 0 Å². The summed E-state index contributed by atoms with van der Waals surface area (Å²) in [5, 5.41) is 22.6. The summed E-state index contributed by atoms with van der Waals surface area (Å²) in [5.41, 5.74) is -0.544. The lowest BCUT2D eigenvalue weighted by atomic mass is 9.90. The normalized spacial score (nSPS) is 11.1. The second kappa shape index (κ2) is 5.64. The molecule has 0 aliphatic rings. The van der Waals surface area contributed by atoms with Crippen LogP contribution >= 0.6 is 0 Å². The highest BCUT2D eigenvalue weighted by molar-refractivity contribution is 5.93. The highest BCUT2D eigenvalue weighted by Gasteiger charge is 2.20. The lowest BCUT2D eigenvalue weighted by Crippen LogP contribution is -2.23. The molecule has 0 aliphatic carbocycles. The van der Waals surface area contributed by atoms with E-state index in [4.69, 9.17) is 5.11 Å². The Balaban J connectivity index is 3.01. The minimum Gasteiger partial charge on any atom is -0.478 e. The molecule has 0 fully saturated rings. The zero-order valence-electron chi connectivity index (χ0n) is 11.1. The largest absolute Gasteiger partial charge is 0.478 e. The molecular formula is C12H17N3O4. The van der Waals surface area contributed by atoms with Crippen LogP contribution in [0.5, 0.6) is 0 Å². The fourth-order valence-electron chi connectivity index (χ4n) is 1.31. The summed E-state index contributed by atoms with van der Waals surface area (Å²) in [6.07, 6.45) is 1.96. The van der Waals surface area contributed by atoms with Gasteiger partial charge < -0.3 is 10.4 Å². The number of nitro groups is 1. The first-order chi connectivity index (χ1) is 8.76. The van der Waals surface area contributed by atoms with Gasteiger partial charge in [-0.15, -0.1) is 0 Å². The van der Waals surface area contributed by atoms with Gasteiger partial charge in [0.05, 0.1) is 4.92 Å². The van der Waals surface area contributed by atoms with Crippen molar-refractivity contribution in [1.82, 2.24) is 4.98 Å². The van der Waals surface area contributed by atoms with Crippen LogP contribution in [-0.4, -0.2) is 27.5 Å². The molecule has 0 atom stereocenters. The molecule has 0 saturated heterocycles. The van der Waals surface area contributed by atoms with Gasteiger partial charge in [-0.1, -0.05) is 20.8 Å². The fraction of sp³-hybridized carbons (Fsp3) is 0.500. The fourth-order valence-corrected chi connectivity index (χ4v) is 1.31. The molecule has 1 rings (SSSR count). The summed E-state index contributed by atoms with van der Waals surface area (Å²) in [5.74, 6) is -1.09. The van der Waals surface area contributed by atoms with Crippen molar-refractivity contribution < 1.29 is 14.8 Å². The molecule has 2 N–H and O–H groups in total. The lowest BCUT2D eigenvalue weighted by Gasteiger charge is -2.23. The Labute approximate surface area is 110 Å². The van der Waals surface area contributed by atoms with Crippen molar-refractivity contribution in [2.45, 2.75) is 27.2 Å². The van der Waals surface area contributed by atoms with E-state index in [0.29, 0.717) is 6.54 Å². The number of carbonyl (C=O) groups is 1. The van der Waals surface area contributed by atoms with Gasteiger partial charge in [0, 0.05) is 12.6 Å². The molecule has 0 amide bonds. The average molecular weight is 267 g/mol. The number of carboxylic acids is 1. The van der Waals surface area contributed by atoms with Crippen molar-refractivity contribution in [3.63, 3.8) is 0 Å². The van der Waals surface area contributed by atoms with Gasteiger partial charge in [-0.3, -0.25) is 10.1 Å². The van der Waals surface area contributed by atoms with Gasteiger partial charge in [-0.25, -0.2) is 9.78 Å². The van der Waals surface area contributed by atoms with E-state index >= 15 is 0 Å². The lowest BCUT2D eigenvalue weighted by molar-refractivity contribution is -0.385. The van der Waals surface area contributed by atoms with Crippen molar-refractivity contribution in [1.29, 1.82) is 0 Å². The quantitative estimate of drug-likeness (QED) is 0.606. The molecule has 1 aromatic rings. The molecular weight excluding hydrogens is 250 g/mol. The highest BCUT2D eigenvalue weighted by Crippen LogP contribution is 2.23. The summed E-state index contributed by atoms with van der Waals surface area (Å²) in [7, 11) is 0. The van der Waals surface area contributed by atoms with Crippen molar-refractivity contribution in [3.05, 3.63) is 27.9 Å². The zero-order chi connectivity index (χ0) is 14.6. The first-order valence-corrected chi connectivity index (χ1v) is 5.88. The van der Waals surface area contributed by atoms with Gasteiger partial charge >= 0.3 is 5.97 Å². The molecule has 1 aromatic heterocycles. The smallest absolute Gasteiger partial charge is 0.339 e. The van der Waals surface area contributed by atoms with E-state index in [1.165, 1.54) is 0 Å². The average Bonchev–Trinajstić information content (AvgIpc) is 2.36. The number of aromatic carboxylic acids is 1. The summed E-state index contributed by atoms with van der Waals surface area (Å²) >= 11 is 0. The topological polar surface area (TPSA) is 105 Å². The molecule has 0 aliphatic heterocycles. The zero-order valence-corrected chi connectivity index (χ0v) is 11.1. The molecule has 104 valence electrons. The van der Waals surface area contributed by atoms with Gasteiger partial charge in [-0.2, -0.15) is 0 Å². The number of anilines is 1. The maximum absolute atomic E-state index is 11.1. The molecule has 0 unspecified atom stereocenters. The Bertz CT molecular complexity index is 500. The van der Waals surface area contributed by atoms with Crippen LogP contribution in [0.15, 0.2) is 12.3 Å². The van der Waals surface area contributed by atoms with E-state index in [-0.39, 0.29) is 22.5 Å². The van der Waals surface area contributed by atoms with E-state index in [2.05, 4.69) is 10.3 Å². The van der Waals surface area contributed by atoms with E-state index in [9.17, 15) is 14.9 Å². The standard InChI is InChI=1S/C12H17N3O4/c1-4-12(2,3)7-14-10-9(11(16)17)5-8(6-13-10)15(18)19/h5-6H,4,7H2,1-3H3,(H,13,14)(H,16,17). The third kappa shape index (κ3) is 3.90. The van der Waals surface area contributed by atoms with Crippen LogP contribution < -0.4 is 5.32 Å². The van der Waals surface area contributed by atoms with Crippen LogP contribution in [0, 0.1) is 15.5 Å². The predicted octanol–water partition coefficient (Wildman–Crippen LogP) is 2.54. The second-order valence-electron chi connectivity index (χ2n) is 5.02. The Kier molecular flexibility index (Phi) is 4.42. The van der Waals surface area contributed by atoms with Crippen molar-refractivity contribution in [3.8, 4) is 0 Å². The molecule has 0 bridgehead atoms. The summed E-state index contributed by atoms with van der Waals surface area (Å²) in [6.45, 7) is 6.63. The van der Waals surface area contributed by atoms with E-state index < -0.39 is 10.9 Å². The number of nitrogens with zero attached hydrogens (tertiary/aromatic N) is 2. The monoisotopic (exact) mass is 267 g/mol. The molecule has 1 heterocycles. The maximum atomic E-state index is 11.1. The maximum Gasteiger partial charge on any atom is 0.339 e. The van der Waals surface area contributed by atoms with Crippen molar-refractivity contribution in [2.75, 3.05) is 11.9 Å². The SMILES string of the molecule is CCC(C)(C)CNc1ncc([N+](=O)[O-])cc1C(=O)O. The Morgan fingerprint density at radius 3 is 2.68 bits per heavy atom. The van der Waals surface area contributed by atoms with E-state index in [1.807, 2.05) is 20.8 Å². The highest BCUT2D eigenvalue weighted by atomic mass is 16.6. The molecule has 7 nitrogen and oxygen atoms in total. The second-order valence-corrected chi connectivity index (χ2v) is 5.02. The number of hydrogen-bond donors (Lipinski definition) is 2. The molecule has 0 radical (unpaired) electrons. The first kappa shape index (κ1) is 14.9. The Hall–Kier alpha value is -2.18. The molecule has 0 spiro atoms. The number of hydrogen-bond acceptors (Lipinski definition) is 5. The van der Waals surface area contributed by atoms with Crippen LogP contribution in [0.2, 0.25) is 0 Å². The number of aromatic nitrogens is 1. The van der Waals surface area contributed by atoms with Gasteiger partial charge in [0.15, 0.2) is 0 Å². The number of carboxylic acid groups (broad SMARTS) is 1. The van der Waals surface area contributed by atoms with E-state index in [1.54, 1.807) is 0 Å². The van der Waals surface area contributed by atoms with Crippen molar-refractivity contribution >= 4 is 17.5 Å². The molecule has 0 aromatic carbocycles. The third-order valence-electron chi connectivity index (χ3n) is 3.01. The number of nitrogens with one attached hydrogen (secondary N) is 1. The molecule has 7 heteroatoms. The van der Waals surface area contributed by atoms with Crippen LogP contribution in [0.1, 0.15) is 37.6 Å². The summed E-state index contributed by atoms with van der Waals surface area (Å²) in [4.78, 5) is 24.8. The van der Waals surface area contributed by atoms with Gasteiger partial charge in [0.25, 0.3) is 5.69 Å². The Morgan fingerprint density at radius 2 is 2.21 bits per heavy atom. The summed E-state index contributed by atoms with van der Waals surface area (Å²) < 4.78 is 0. The molecule has 0 saturated carbocycles. The first-order valence-electron chi connectivity index (χ1n) is 5.88. The van der Waals surface area contributed by atoms with Crippen LogP contribution in [0.3, 0.4) is 0 Å². The van der Waals surface area contributed by atoms with Gasteiger partial charge in [-0.05, 0) is 11.8 Å². The van der Waals surface area contributed by atoms with E-state index in [0.717, 1.165) is 18.7 Å². The molecule has 19 heavy (non-hydrogen) atoms. The summed E-state index contributed by atoms with van der Waals surface area (Å²) in [6, 6.07) is 1.01. The minimum absolute atomic E-state index is 0.0147. The Morgan fingerprint density at radius 1 is 1.58 bits per heavy atom. The minimum atomic E-state index is -1.24. The van der Waals surface area contributed by atoms with Crippen molar-refractivity contribution in [2.24, 2.45) is 5.41 Å². The van der Waals surface area contributed by atoms with Crippen LogP contribution in [0.4, 0.5) is 11.5 Å².